The Morgan fingerprint density at radius 2 is 2.03 bits per heavy atom. The number of ether oxygens (including phenoxy) is 1. The number of hydrogen-bond acceptors (Lipinski definition) is 7. The Kier molecular flexibility index (Phi) is 7.03. The molecule has 0 saturated carbocycles. The molecule has 2 aromatic carbocycles. The molecule has 0 radical (unpaired) electrons. The van der Waals surface area contributed by atoms with Crippen LogP contribution in [0.2, 0.25) is 5.02 Å². The highest BCUT2D eigenvalue weighted by atomic mass is 35.5. The molecule has 0 amide bonds. The molecule has 0 bridgehead atoms. The summed E-state index contributed by atoms with van der Waals surface area (Å²) in [5, 5.41) is 10.4. The molecule has 2 aromatic heterocycles. The van der Waals surface area contributed by atoms with E-state index in [1.54, 1.807) is 44.0 Å². The fourth-order valence-electron chi connectivity index (χ4n) is 4.13. The Labute approximate surface area is 211 Å². The maximum Gasteiger partial charge on any atom is 0.434 e. The molecule has 0 spiro atoms. The Hall–Kier alpha value is -3.48. The molecule has 0 aliphatic heterocycles. The predicted octanol–water partition coefficient (Wildman–Crippen LogP) is 3.70. The fourth-order valence-corrected chi connectivity index (χ4v) is 5.71. The van der Waals surface area contributed by atoms with Crippen LogP contribution in [0.25, 0.3) is 11.1 Å². The quantitative estimate of drug-likeness (QED) is 0.351. The molecule has 0 fully saturated rings. The van der Waals surface area contributed by atoms with Crippen LogP contribution in [-0.2, 0) is 17.1 Å². The first-order valence-corrected chi connectivity index (χ1v) is 12.6. The molecule has 0 aliphatic rings. The number of aryl methyl sites for hydroxylation is 1. The number of aromatic nitrogens is 4. The monoisotopic (exact) mass is 535 g/mol. The molecule has 0 aliphatic carbocycles. The number of hydrogen-bond donors (Lipinski definition) is 2. The summed E-state index contributed by atoms with van der Waals surface area (Å²) in [5.74, 6) is -2.55. The molecule has 10 nitrogen and oxygen atoms in total. The van der Waals surface area contributed by atoms with E-state index in [1.165, 1.54) is 31.4 Å². The average Bonchev–Trinajstić information content (AvgIpc) is 3.45. The van der Waals surface area contributed by atoms with E-state index in [0.29, 0.717) is 5.56 Å². The van der Waals surface area contributed by atoms with Gasteiger partial charge in [0.2, 0.25) is 15.9 Å². The van der Waals surface area contributed by atoms with E-state index >= 15 is 4.39 Å². The summed E-state index contributed by atoms with van der Waals surface area (Å²) in [6.45, 7) is 3.34. The Morgan fingerprint density at radius 3 is 2.64 bits per heavy atom. The molecule has 0 saturated heterocycles. The van der Waals surface area contributed by atoms with Gasteiger partial charge in [-0.3, -0.25) is 4.68 Å². The Morgan fingerprint density at radius 1 is 1.28 bits per heavy atom. The number of methoxy groups -OCH3 is 1. The average molecular weight is 536 g/mol. The summed E-state index contributed by atoms with van der Waals surface area (Å²) in [5.41, 5.74) is 2.27. The van der Waals surface area contributed by atoms with Crippen LogP contribution in [0.1, 0.15) is 35.9 Å². The van der Waals surface area contributed by atoms with Crippen LogP contribution in [-0.4, -0.2) is 35.5 Å². The van der Waals surface area contributed by atoms with E-state index in [1.807, 2.05) is 0 Å². The van der Waals surface area contributed by atoms with E-state index < -0.39 is 33.6 Å². The van der Waals surface area contributed by atoms with E-state index in [2.05, 4.69) is 20.0 Å². The Balaban J connectivity index is 1.82. The van der Waals surface area contributed by atoms with Gasteiger partial charge in [0.1, 0.15) is 22.5 Å². The van der Waals surface area contributed by atoms with Crippen molar-refractivity contribution in [2.75, 3.05) is 7.11 Å². The Bertz CT molecular complexity index is 1580. The maximum atomic E-state index is 15.2. The summed E-state index contributed by atoms with van der Waals surface area (Å²) >= 11 is 5.98. The SMILES string of the molecule is COc1cc(Cl)ccc1S(=O)(=O)N[C@H](c1n[nH]c(=O)o1)[C@H](C)c1c(F)ccc(-c2cnn(C)c2)c1C. The van der Waals surface area contributed by atoms with Gasteiger partial charge in [-0.1, -0.05) is 24.6 Å². The highest BCUT2D eigenvalue weighted by Crippen LogP contribution is 2.38. The first-order chi connectivity index (χ1) is 17.0. The van der Waals surface area contributed by atoms with Crippen molar-refractivity contribution < 1.29 is 22.0 Å². The van der Waals surface area contributed by atoms with Crippen molar-refractivity contribution in [3.8, 4) is 16.9 Å². The second-order valence-electron chi connectivity index (χ2n) is 8.17. The second-order valence-corrected chi connectivity index (χ2v) is 10.3. The molecular weight excluding hydrogens is 513 g/mol. The number of nitrogens with one attached hydrogen (secondary N) is 2. The molecule has 36 heavy (non-hydrogen) atoms. The number of sulfonamides is 1. The fraction of sp³-hybridized carbons (Fsp3) is 0.261. The molecule has 4 rings (SSSR count). The summed E-state index contributed by atoms with van der Waals surface area (Å²) in [6.07, 6.45) is 3.43. The van der Waals surface area contributed by atoms with E-state index in [-0.39, 0.29) is 27.1 Å². The van der Waals surface area contributed by atoms with E-state index in [0.717, 1.165) is 11.1 Å². The number of aromatic amines is 1. The number of rotatable bonds is 8. The van der Waals surface area contributed by atoms with Gasteiger partial charge in [-0.25, -0.2) is 22.7 Å². The lowest BCUT2D eigenvalue weighted by Crippen LogP contribution is -2.33. The van der Waals surface area contributed by atoms with Gasteiger partial charge in [0, 0.05) is 35.8 Å². The van der Waals surface area contributed by atoms with Gasteiger partial charge >= 0.3 is 5.76 Å². The standard InChI is InChI=1S/C23H23ClFN5O5S/c1-12-16(14-10-26-30(3)11-14)6-7-17(25)20(12)13(2)21(22-27-28-23(31)35-22)29-36(32,33)19-8-5-15(24)9-18(19)34-4/h5-11,13,21,29H,1-4H3,(H,28,31)/t13-,21+/m1/s1. The topological polar surface area (TPSA) is 132 Å². The number of nitrogens with zero attached hydrogens (tertiary/aromatic N) is 3. The third kappa shape index (κ3) is 4.92. The van der Waals surface area contributed by atoms with Gasteiger partial charge in [-0.05, 0) is 41.8 Å². The van der Waals surface area contributed by atoms with Crippen molar-refractivity contribution in [1.29, 1.82) is 0 Å². The van der Waals surface area contributed by atoms with Crippen LogP contribution in [0, 0.1) is 12.7 Å². The van der Waals surface area contributed by atoms with Gasteiger partial charge in [-0.2, -0.15) is 9.82 Å². The van der Waals surface area contributed by atoms with Gasteiger partial charge in [0.05, 0.1) is 13.3 Å². The van der Waals surface area contributed by atoms with E-state index in [4.69, 9.17) is 20.8 Å². The lowest BCUT2D eigenvalue weighted by atomic mass is 9.86. The lowest BCUT2D eigenvalue weighted by molar-refractivity contribution is 0.374. The number of H-pyrrole nitrogens is 1. The number of benzene rings is 2. The minimum Gasteiger partial charge on any atom is -0.495 e. The minimum atomic E-state index is -4.28. The molecule has 190 valence electrons. The second kappa shape index (κ2) is 9.88. The first kappa shape index (κ1) is 25.6. The van der Waals surface area contributed by atoms with Crippen LogP contribution in [0.4, 0.5) is 4.39 Å². The van der Waals surface area contributed by atoms with Crippen LogP contribution < -0.4 is 15.2 Å². The van der Waals surface area contributed by atoms with Crippen LogP contribution in [0.5, 0.6) is 5.75 Å². The maximum absolute atomic E-state index is 15.2. The molecule has 2 N–H and O–H groups in total. The van der Waals surface area contributed by atoms with Gasteiger partial charge in [0.25, 0.3) is 0 Å². The van der Waals surface area contributed by atoms with E-state index in [9.17, 15) is 13.2 Å². The van der Waals surface area contributed by atoms with Crippen LogP contribution in [0.3, 0.4) is 0 Å². The van der Waals surface area contributed by atoms with Gasteiger partial charge in [0.15, 0.2) is 0 Å². The minimum absolute atomic E-state index is 0.00539. The van der Waals surface area contributed by atoms with Crippen molar-refractivity contribution >= 4 is 21.6 Å². The predicted molar refractivity (Wildman–Crippen MR) is 130 cm³/mol. The highest BCUT2D eigenvalue weighted by Gasteiger charge is 2.34. The summed E-state index contributed by atoms with van der Waals surface area (Å²) < 4.78 is 56.5. The van der Waals surface area contributed by atoms with Crippen molar-refractivity contribution in [2.24, 2.45) is 7.05 Å². The van der Waals surface area contributed by atoms with Crippen LogP contribution >= 0.6 is 11.6 Å². The number of halogens is 2. The third-order valence-electron chi connectivity index (χ3n) is 5.85. The molecule has 2 atom stereocenters. The zero-order chi connectivity index (χ0) is 26.2. The molecule has 0 unspecified atom stereocenters. The van der Waals surface area contributed by atoms with Crippen molar-refractivity contribution in [2.45, 2.75) is 30.7 Å². The summed E-state index contributed by atoms with van der Waals surface area (Å²) in [4.78, 5) is 11.5. The van der Waals surface area contributed by atoms with Gasteiger partial charge < -0.3 is 9.15 Å². The molecule has 4 aromatic rings. The van der Waals surface area contributed by atoms with Crippen molar-refractivity contribution in [3.05, 3.63) is 81.1 Å². The first-order valence-electron chi connectivity index (χ1n) is 10.7. The zero-order valence-corrected chi connectivity index (χ0v) is 21.3. The summed E-state index contributed by atoms with van der Waals surface area (Å²) in [7, 11) is -1.21. The molecular formula is C23H23ClFN5O5S. The van der Waals surface area contributed by atoms with Crippen molar-refractivity contribution in [1.82, 2.24) is 24.7 Å². The lowest BCUT2D eigenvalue weighted by Gasteiger charge is -2.25. The van der Waals surface area contributed by atoms with Crippen molar-refractivity contribution in [3.63, 3.8) is 0 Å². The zero-order valence-electron chi connectivity index (χ0n) is 19.7. The van der Waals surface area contributed by atoms with Crippen LogP contribution in [0.15, 0.2) is 56.8 Å². The molecule has 2 heterocycles. The molecule has 13 heteroatoms. The largest absolute Gasteiger partial charge is 0.495 e. The normalized spacial score (nSPS) is 13.5. The smallest absolute Gasteiger partial charge is 0.434 e. The summed E-state index contributed by atoms with van der Waals surface area (Å²) in [6, 6.07) is 5.70. The third-order valence-corrected chi connectivity index (χ3v) is 7.57. The highest BCUT2D eigenvalue weighted by molar-refractivity contribution is 7.89. The van der Waals surface area contributed by atoms with Gasteiger partial charge in [-0.15, -0.1) is 5.10 Å².